The zero-order valence-corrected chi connectivity index (χ0v) is 17.3. The first-order chi connectivity index (χ1) is 11.0. The third-order valence-electron chi connectivity index (χ3n) is 3.92. The molecule has 134 valence electrons. The number of anilines is 1. The molecule has 0 heterocycles. The zero-order chi connectivity index (χ0) is 16.8. The first-order valence-corrected chi connectivity index (χ1v) is 8.34. The van der Waals surface area contributed by atoms with Crippen molar-refractivity contribution in [1.29, 1.82) is 0 Å². The number of carbonyl (C=O) groups excluding carboxylic acids is 1. The van der Waals surface area contributed by atoms with Gasteiger partial charge in [-0.2, -0.15) is 0 Å². The van der Waals surface area contributed by atoms with Crippen LogP contribution in [0, 0.1) is 11.8 Å². The second-order valence-electron chi connectivity index (χ2n) is 6.74. The highest BCUT2D eigenvalue weighted by Gasteiger charge is 2.33. The number of guanidine groups is 1. The van der Waals surface area contributed by atoms with Gasteiger partial charge in [0, 0.05) is 31.7 Å². The van der Waals surface area contributed by atoms with Crippen LogP contribution in [0.2, 0.25) is 0 Å². The van der Waals surface area contributed by atoms with Crippen molar-refractivity contribution in [2.75, 3.05) is 12.4 Å². The quantitative estimate of drug-likeness (QED) is 0.358. The van der Waals surface area contributed by atoms with Crippen LogP contribution in [0.15, 0.2) is 29.3 Å². The average molecular weight is 444 g/mol. The standard InChI is InChI=1S/C18H28N4O.HI/c1-12(2)8-17(23)21-15-7-5-6-14(10-15)11-20-18(19-4)22-16-9-13(16)3;/h5-7,10,12-13,16H,8-9,11H2,1-4H3,(H,21,23)(H2,19,20,22);1H. The van der Waals surface area contributed by atoms with Crippen LogP contribution in [0.4, 0.5) is 5.69 Å². The normalized spacial score (nSPS) is 19.5. The lowest BCUT2D eigenvalue weighted by Gasteiger charge is -2.13. The number of halogens is 1. The molecular formula is C18H29IN4O. The van der Waals surface area contributed by atoms with E-state index in [1.165, 1.54) is 6.42 Å². The van der Waals surface area contributed by atoms with Crippen molar-refractivity contribution >= 4 is 41.5 Å². The van der Waals surface area contributed by atoms with Gasteiger partial charge in [-0.25, -0.2) is 0 Å². The van der Waals surface area contributed by atoms with E-state index < -0.39 is 0 Å². The van der Waals surface area contributed by atoms with Gasteiger partial charge in [0.1, 0.15) is 0 Å². The molecule has 0 saturated heterocycles. The number of nitrogens with one attached hydrogen (secondary N) is 3. The van der Waals surface area contributed by atoms with Crippen molar-refractivity contribution < 1.29 is 4.79 Å². The van der Waals surface area contributed by atoms with Crippen LogP contribution in [-0.2, 0) is 11.3 Å². The fourth-order valence-corrected chi connectivity index (χ4v) is 2.42. The first-order valence-electron chi connectivity index (χ1n) is 8.34. The zero-order valence-electron chi connectivity index (χ0n) is 14.9. The number of amides is 1. The Labute approximate surface area is 162 Å². The molecule has 2 unspecified atom stereocenters. The molecule has 2 rings (SSSR count). The number of rotatable bonds is 6. The number of aliphatic imine (C=N–C) groups is 1. The summed E-state index contributed by atoms with van der Waals surface area (Å²) in [5.74, 6) is 1.98. The van der Waals surface area contributed by atoms with Crippen molar-refractivity contribution in [2.45, 2.75) is 46.2 Å². The van der Waals surface area contributed by atoms with Crippen molar-refractivity contribution in [3.8, 4) is 0 Å². The maximum atomic E-state index is 11.8. The Bertz CT molecular complexity index is 574. The van der Waals surface area contributed by atoms with Crippen LogP contribution in [-0.4, -0.2) is 25.0 Å². The lowest BCUT2D eigenvalue weighted by Crippen LogP contribution is -2.38. The lowest BCUT2D eigenvalue weighted by molar-refractivity contribution is -0.116. The van der Waals surface area contributed by atoms with Gasteiger partial charge in [-0.1, -0.05) is 32.9 Å². The summed E-state index contributed by atoms with van der Waals surface area (Å²) in [5, 5.41) is 9.67. The van der Waals surface area contributed by atoms with E-state index in [1.54, 1.807) is 7.05 Å². The molecule has 1 amide bonds. The topological polar surface area (TPSA) is 65.5 Å². The van der Waals surface area contributed by atoms with E-state index in [0.29, 0.717) is 24.9 Å². The van der Waals surface area contributed by atoms with Gasteiger partial charge in [-0.15, -0.1) is 24.0 Å². The van der Waals surface area contributed by atoms with Crippen LogP contribution in [0.25, 0.3) is 0 Å². The molecule has 1 aliphatic rings. The molecule has 1 aliphatic carbocycles. The molecule has 24 heavy (non-hydrogen) atoms. The second-order valence-corrected chi connectivity index (χ2v) is 6.74. The van der Waals surface area contributed by atoms with Gasteiger partial charge in [0.15, 0.2) is 5.96 Å². The van der Waals surface area contributed by atoms with Gasteiger partial charge < -0.3 is 16.0 Å². The molecule has 0 aromatic heterocycles. The molecule has 2 atom stereocenters. The largest absolute Gasteiger partial charge is 0.353 e. The molecule has 5 nitrogen and oxygen atoms in total. The van der Waals surface area contributed by atoms with Gasteiger partial charge in [0.05, 0.1) is 0 Å². The molecule has 0 aliphatic heterocycles. The lowest BCUT2D eigenvalue weighted by atomic mass is 10.1. The van der Waals surface area contributed by atoms with Crippen molar-refractivity contribution in [3.05, 3.63) is 29.8 Å². The highest BCUT2D eigenvalue weighted by molar-refractivity contribution is 14.0. The highest BCUT2D eigenvalue weighted by atomic mass is 127. The summed E-state index contributed by atoms with van der Waals surface area (Å²) in [6.07, 6.45) is 1.75. The molecule has 0 radical (unpaired) electrons. The van der Waals surface area contributed by atoms with E-state index in [1.807, 2.05) is 38.1 Å². The maximum Gasteiger partial charge on any atom is 0.224 e. The molecule has 6 heteroatoms. The van der Waals surface area contributed by atoms with Gasteiger partial charge in [-0.05, 0) is 36.0 Å². The third-order valence-corrected chi connectivity index (χ3v) is 3.92. The Morgan fingerprint density at radius 3 is 2.67 bits per heavy atom. The Kier molecular flexibility index (Phi) is 8.52. The van der Waals surface area contributed by atoms with Crippen LogP contribution < -0.4 is 16.0 Å². The fraction of sp³-hybridized carbons (Fsp3) is 0.556. The van der Waals surface area contributed by atoms with Gasteiger partial charge in [-0.3, -0.25) is 9.79 Å². The van der Waals surface area contributed by atoms with Crippen LogP contribution >= 0.6 is 24.0 Å². The maximum absolute atomic E-state index is 11.8. The highest BCUT2D eigenvalue weighted by Crippen LogP contribution is 2.28. The summed E-state index contributed by atoms with van der Waals surface area (Å²) >= 11 is 0. The number of nitrogens with zero attached hydrogens (tertiary/aromatic N) is 1. The van der Waals surface area contributed by atoms with Crippen LogP contribution in [0.5, 0.6) is 0 Å². The van der Waals surface area contributed by atoms with E-state index in [4.69, 9.17) is 0 Å². The Balaban J connectivity index is 0.00000288. The van der Waals surface area contributed by atoms with Crippen molar-refractivity contribution in [1.82, 2.24) is 10.6 Å². The van der Waals surface area contributed by atoms with Crippen LogP contribution in [0.1, 0.15) is 39.2 Å². The Hall–Kier alpha value is -1.31. The number of hydrogen-bond acceptors (Lipinski definition) is 2. The predicted octanol–water partition coefficient (Wildman–Crippen LogP) is 3.36. The number of benzene rings is 1. The van der Waals surface area contributed by atoms with E-state index in [2.05, 4.69) is 27.9 Å². The number of carbonyl (C=O) groups is 1. The van der Waals surface area contributed by atoms with E-state index >= 15 is 0 Å². The SMILES string of the molecule is CN=C(NCc1cccc(NC(=O)CC(C)C)c1)NC1CC1C.I. The van der Waals surface area contributed by atoms with E-state index in [-0.39, 0.29) is 29.9 Å². The van der Waals surface area contributed by atoms with Crippen molar-refractivity contribution in [3.63, 3.8) is 0 Å². The summed E-state index contributed by atoms with van der Waals surface area (Å²) in [7, 11) is 1.78. The molecule has 1 aromatic rings. The first kappa shape index (κ1) is 20.7. The molecule has 1 aromatic carbocycles. The minimum atomic E-state index is 0. The molecular weight excluding hydrogens is 415 g/mol. The summed E-state index contributed by atoms with van der Waals surface area (Å²) < 4.78 is 0. The van der Waals surface area contributed by atoms with Gasteiger partial charge in [0.25, 0.3) is 0 Å². The summed E-state index contributed by atoms with van der Waals surface area (Å²) in [6.45, 7) is 6.99. The molecule has 1 saturated carbocycles. The number of hydrogen-bond donors (Lipinski definition) is 3. The summed E-state index contributed by atoms with van der Waals surface area (Å²) in [4.78, 5) is 16.1. The third kappa shape index (κ3) is 7.07. The molecule has 0 spiro atoms. The predicted molar refractivity (Wildman–Crippen MR) is 111 cm³/mol. The second kappa shape index (κ2) is 9.86. The Morgan fingerprint density at radius 1 is 1.38 bits per heavy atom. The molecule has 3 N–H and O–H groups in total. The summed E-state index contributed by atoms with van der Waals surface area (Å²) in [5.41, 5.74) is 1.95. The van der Waals surface area contributed by atoms with Gasteiger partial charge >= 0.3 is 0 Å². The van der Waals surface area contributed by atoms with Crippen LogP contribution in [0.3, 0.4) is 0 Å². The average Bonchev–Trinajstić information content (AvgIpc) is 3.18. The Morgan fingerprint density at radius 2 is 2.08 bits per heavy atom. The molecule has 1 fully saturated rings. The monoisotopic (exact) mass is 444 g/mol. The van der Waals surface area contributed by atoms with E-state index in [9.17, 15) is 4.79 Å². The minimum absolute atomic E-state index is 0. The smallest absolute Gasteiger partial charge is 0.224 e. The van der Waals surface area contributed by atoms with Gasteiger partial charge in [0.2, 0.25) is 5.91 Å². The van der Waals surface area contributed by atoms with E-state index in [0.717, 1.165) is 23.1 Å². The minimum Gasteiger partial charge on any atom is -0.353 e. The molecule has 0 bridgehead atoms. The van der Waals surface area contributed by atoms with Crippen molar-refractivity contribution in [2.24, 2.45) is 16.8 Å². The summed E-state index contributed by atoms with van der Waals surface area (Å²) in [6, 6.07) is 8.46. The fourth-order valence-electron chi connectivity index (χ4n) is 2.42.